The molecule has 0 bridgehead atoms. The van der Waals surface area contributed by atoms with E-state index in [1.165, 1.54) is 0 Å². The highest BCUT2D eigenvalue weighted by Crippen LogP contribution is 2.24. The summed E-state index contributed by atoms with van der Waals surface area (Å²) >= 11 is 0. The van der Waals surface area contributed by atoms with Gasteiger partial charge >= 0.3 is 0 Å². The molecule has 0 saturated carbocycles. The Morgan fingerprint density at radius 1 is 1.11 bits per heavy atom. The Morgan fingerprint density at radius 3 is 2.53 bits per heavy atom. The molecule has 2 rings (SSSR count). The number of amides is 1. The van der Waals surface area contributed by atoms with Gasteiger partial charge in [-0.1, -0.05) is 19.3 Å². The summed E-state index contributed by atoms with van der Waals surface area (Å²) in [4.78, 5) is 14.3. The minimum Gasteiger partial charge on any atom is -0.337 e. The van der Waals surface area contributed by atoms with Crippen LogP contribution >= 0.6 is 0 Å². The third kappa shape index (κ3) is 3.28. The highest BCUT2D eigenvalue weighted by molar-refractivity contribution is 7.92. The number of hydrogen-bond acceptors (Lipinski definition) is 4. The second-order valence-corrected chi connectivity index (χ2v) is 7.92. The number of hydrogen-bond donors (Lipinski definition) is 1. The summed E-state index contributed by atoms with van der Waals surface area (Å²) in [6, 6.07) is 0.0205. The zero-order valence-corrected chi connectivity index (χ0v) is 12.2. The first kappa shape index (κ1) is 14.8. The van der Waals surface area contributed by atoms with Gasteiger partial charge in [0.1, 0.15) is 5.25 Å². The molecule has 0 radical (unpaired) electrons. The molecule has 5 nitrogen and oxygen atoms in total. The fourth-order valence-electron chi connectivity index (χ4n) is 3.13. The molecule has 2 fully saturated rings. The van der Waals surface area contributed by atoms with Crippen LogP contribution in [0, 0.1) is 0 Å². The number of rotatable bonds is 2. The highest BCUT2D eigenvalue weighted by atomic mass is 32.2. The van der Waals surface area contributed by atoms with E-state index in [0.29, 0.717) is 25.9 Å². The summed E-state index contributed by atoms with van der Waals surface area (Å²) in [5.41, 5.74) is 5.75. The van der Waals surface area contributed by atoms with Crippen molar-refractivity contribution in [3.05, 3.63) is 0 Å². The lowest BCUT2D eigenvalue weighted by Gasteiger charge is -2.33. The van der Waals surface area contributed by atoms with Crippen LogP contribution in [-0.2, 0) is 14.6 Å². The maximum atomic E-state index is 12.6. The minimum atomic E-state index is -3.25. The number of nitrogens with zero attached hydrogens (tertiary/aromatic N) is 1. The smallest absolute Gasteiger partial charge is 0.241 e. The largest absolute Gasteiger partial charge is 0.337 e. The SMILES string of the molecule is NCC1CCCCCN1C(=O)C1CCCCS1(=O)=O. The zero-order valence-electron chi connectivity index (χ0n) is 11.4. The molecule has 0 aromatic carbocycles. The Hall–Kier alpha value is -0.620. The molecule has 2 heterocycles. The average molecular weight is 288 g/mol. The van der Waals surface area contributed by atoms with Crippen molar-refractivity contribution in [1.82, 2.24) is 4.90 Å². The summed E-state index contributed by atoms with van der Waals surface area (Å²) in [6.07, 6.45) is 6.02. The van der Waals surface area contributed by atoms with E-state index in [1.807, 2.05) is 0 Å². The van der Waals surface area contributed by atoms with E-state index in [1.54, 1.807) is 4.90 Å². The van der Waals surface area contributed by atoms with Gasteiger partial charge in [-0.2, -0.15) is 0 Å². The summed E-state index contributed by atoms with van der Waals surface area (Å²) in [5, 5.41) is -0.812. The van der Waals surface area contributed by atoms with Gasteiger partial charge in [0.05, 0.1) is 5.75 Å². The predicted octanol–water partition coefficient (Wildman–Crippen LogP) is 0.684. The molecule has 0 aromatic heterocycles. The number of likely N-dealkylation sites (tertiary alicyclic amines) is 1. The predicted molar refractivity (Wildman–Crippen MR) is 74.4 cm³/mol. The lowest BCUT2D eigenvalue weighted by molar-refractivity contribution is -0.133. The van der Waals surface area contributed by atoms with Crippen LogP contribution in [0.25, 0.3) is 0 Å². The first-order chi connectivity index (χ1) is 9.06. The van der Waals surface area contributed by atoms with E-state index in [4.69, 9.17) is 5.73 Å². The third-order valence-electron chi connectivity index (χ3n) is 4.29. The second kappa shape index (κ2) is 6.22. The fourth-order valence-corrected chi connectivity index (χ4v) is 4.99. The number of carbonyl (C=O) groups is 1. The maximum Gasteiger partial charge on any atom is 0.241 e. The molecule has 6 heteroatoms. The molecular weight excluding hydrogens is 264 g/mol. The van der Waals surface area contributed by atoms with E-state index in [-0.39, 0.29) is 17.7 Å². The van der Waals surface area contributed by atoms with Crippen molar-refractivity contribution >= 4 is 15.7 Å². The molecular formula is C13H24N2O3S. The quantitative estimate of drug-likeness (QED) is 0.810. The van der Waals surface area contributed by atoms with Crippen LogP contribution in [0.5, 0.6) is 0 Å². The normalized spacial score (nSPS) is 31.7. The van der Waals surface area contributed by atoms with Gasteiger partial charge in [-0.3, -0.25) is 4.79 Å². The molecule has 2 saturated heterocycles. The van der Waals surface area contributed by atoms with E-state index in [2.05, 4.69) is 0 Å². The van der Waals surface area contributed by atoms with Crippen molar-refractivity contribution in [1.29, 1.82) is 0 Å². The van der Waals surface area contributed by atoms with Gasteiger partial charge < -0.3 is 10.6 Å². The van der Waals surface area contributed by atoms with Crippen LogP contribution in [0.2, 0.25) is 0 Å². The summed E-state index contributed by atoms with van der Waals surface area (Å²) in [5.74, 6) is -0.0399. The fraction of sp³-hybridized carbons (Fsp3) is 0.923. The number of sulfone groups is 1. The number of carbonyl (C=O) groups excluding carboxylic acids is 1. The summed E-state index contributed by atoms with van der Waals surface area (Å²) in [7, 11) is -3.25. The molecule has 0 aliphatic carbocycles. The van der Waals surface area contributed by atoms with Crippen molar-refractivity contribution < 1.29 is 13.2 Å². The van der Waals surface area contributed by atoms with Gasteiger partial charge in [-0.05, 0) is 25.7 Å². The number of nitrogens with two attached hydrogens (primary N) is 1. The van der Waals surface area contributed by atoms with Crippen molar-refractivity contribution in [2.75, 3.05) is 18.8 Å². The lowest BCUT2D eigenvalue weighted by Crippen LogP contribution is -2.51. The van der Waals surface area contributed by atoms with Crippen molar-refractivity contribution in [3.8, 4) is 0 Å². The Kier molecular flexibility index (Phi) is 4.84. The van der Waals surface area contributed by atoms with Crippen LogP contribution < -0.4 is 5.73 Å². The van der Waals surface area contributed by atoms with Crippen molar-refractivity contribution in [2.45, 2.75) is 56.2 Å². The molecule has 2 N–H and O–H groups in total. The van der Waals surface area contributed by atoms with Crippen LogP contribution in [0.1, 0.15) is 44.9 Å². The molecule has 19 heavy (non-hydrogen) atoms. The van der Waals surface area contributed by atoms with Gasteiger partial charge in [0.15, 0.2) is 9.84 Å². The van der Waals surface area contributed by atoms with E-state index in [0.717, 1.165) is 32.1 Å². The molecule has 2 aliphatic rings. The maximum absolute atomic E-state index is 12.6. The lowest BCUT2D eigenvalue weighted by atomic mass is 10.1. The topological polar surface area (TPSA) is 80.5 Å². The first-order valence-electron chi connectivity index (χ1n) is 7.28. The Morgan fingerprint density at radius 2 is 1.84 bits per heavy atom. The van der Waals surface area contributed by atoms with Crippen LogP contribution in [0.3, 0.4) is 0 Å². The van der Waals surface area contributed by atoms with E-state index < -0.39 is 15.1 Å². The molecule has 2 unspecified atom stereocenters. The van der Waals surface area contributed by atoms with Gasteiger partial charge in [0, 0.05) is 19.1 Å². The van der Waals surface area contributed by atoms with Gasteiger partial charge in [-0.25, -0.2) is 8.42 Å². The van der Waals surface area contributed by atoms with Crippen LogP contribution in [-0.4, -0.2) is 49.4 Å². The summed E-state index contributed by atoms with van der Waals surface area (Å²) < 4.78 is 24.1. The Labute approximate surface area is 115 Å². The van der Waals surface area contributed by atoms with Crippen LogP contribution in [0.15, 0.2) is 0 Å². The summed E-state index contributed by atoms with van der Waals surface area (Å²) in [6.45, 7) is 1.09. The van der Waals surface area contributed by atoms with Crippen molar-refractivity contribution in [2.24, 2.45) is 5.73 Å². The standard InChI is InChI=1S/C13H24N2O3S/c14-10-11-6-2-1-4-8-15(11)13(16)12-7-3-5-9-19(12,17)18/h11-12H,1-10,14H2. The molecule has 0 spiro atoms. The average Bonchev–Trinajstić information content (AvgIpc) is 2.62. The van der Waals surface area contributed by atoms with Gasteiger partial charge in [0.25, 0.3) is 0 Å². The molecule has 2 atom stereocenters. The molecule has 0 aromatic rings. The molecule has 110 valence electrons. The van der Waals surface area contributed by atoms with Crippen molar-refractivity contribution in [3.63, 3.8) is 0 Å². The van der Waals surface area contributed by atoms with E-state index >= 15 is 0 Å². The third-order valence-corrected chi connectivity index (χ3v) is 6.45. The zero-order chi connectivity index (χ0) is 13.9. The molecule has 2 aliphatic heterocycles. The van der Waals surface area contributed by atoms with Gasteiger partial charge in [-0.15, -0.1) is 0 Å². The van der Waals surface area contributed by atoms with E-state index in [9.17, 15) is 13.2 Å². The van der Waals surface area contributed by atoms with Crippen LogP contribution in [0.4, 0.5) is 0 Å². The first-order valence-corrected chi connectivity index (χ1v) is 9.00. The highest BCUT2D eigenvalue weighted by Gasteiger charge is 2.39. The van der Waals surface area contributed by atoms with Gasteiger partial charge in [0.2, 0.25) is 5.91 Å². The monoisotopic (exact) mass is 288 g/mol. The Balaban J connectivity index is 2.16. The second-order valence-electron chi connectivity index (χ2n) is 5.62. The molecule has 1 amide bonds. The Bertz CT molecular complexity index is 422. The minimum absolute atomic E-state index is 0.0205.